The van der Waals surface area contributed by atoms with E-state index in [4.69, 9.17) is 11.6 Å². The normalized spacial score (nSPS) is 17.9. The van der Waals surface area contributed by atoms with E-state index in [1.807, 2.05) is 18.2 Å². The SMILES string of the molecule is O=c1[nH]c(Nc2ccc(CN(Cc3ccccc3)[C@H]3CCCC[C@@H]3O)cc2)nn1-c1ccc(Cl)cc1. The van der Waals surface area contributed by atoms with Crippen molar-refractivity contribution in [2.24, 2.45) is 0 Å². The molecule has 0 spiro atoms. The Bertz CT molecular complexity index is 1320. The van der Waals surface area contributed by atoms with Crippen LogP contribution in [0.1, 0.15) is 36.8 Å². The molecule has 0 saturated heterocycles. The quantitative estimate of drug-likeness (QED) is 0.305. The summed E-state index contributed by atoms with van der Waals surface area (Å²) in [5.74, 6) is 0.360. The third kappa shape index (κ3) is 5.87. The fourth-order valence-corrected chi connectivity index (χ4v) is 4.95. The van der Waals surface area contributed by atoms with Crippen molar-refractivity contribution in [1.82, 2.24) is 19.7 Å². The molecular formula is C28H30ClN5O2. The number of anilines is 2. The maximum Gasteiger partial charge on any atom is 0.349 e. The molecule has 3 aromatic carbocycles. The number of aliphatic hydroxyl groups is 1. The molecule has 1 fully saturated rings. The Kier molecular flexibility index (Phi) is 7.51. The summed E-state index contributed by atoms with van der Waals surface area (Å²) in [6, 6.07) is 25.6. The van der Waals surface area contributed by atoms with Crippen LogP contribution in [0.3, 0.4) is 0 Å². The average Bonchev–Trinajstić information content (AvgIpc) is 3.26. The van der Waals surface area contributed by atoms with Crippen LogP contribution in [0.4, 0.5) is 11.6 Å². The second-order valence-electron chi connectivity index (χ2n) is 9.30. The van der Waals surface area contributed by atoms with E-state index in [2.05, 4.69) is 56.7 Å². The van der Waals surface area contributed by atoms with Crippen LogP contribution >= 0.6 is 11.6 Å². The maximum atomic E-state index is 12.4. The Hall–Kier alpha value is -3.39. The van der Waals surface area contributed by atoms with Crippen LogP contribution in [0.2, 0.25) is 5.02 Å². The highest BCUT2D eigenvalue weighted by atomic mass is 35.5. The van der Waals surface area contributed by atoms with Gasteiger partial charge in [0.2, 0.25) is 5.95 Å². The molecule has 1 aromatic heterocycles. The van der Waals surface area contributed by atoms with Gasteiger partial charge in [-0.05, 0) is 60.4 Å². The molecule has 1 heterocycles. The third-order valence-electron chi connectivity index (χ3n) is 6.68. The first-order valence-corrected chi connectivity index (χ1v) is 12.7. The summed E-state index contributed by atoms with van der Waals surface area (Å²) in [7, 11) is 0. The largest absolute Gasteiger partial charge is 0.391 e. The van der Waals surface area contributed by atoms with Gasteiger partial charge in [0.15, 0.2) is 0 Å². The zero-order chi connectivity index (χ0) is 24.9. The topological polar surface area (TPSA) is 86.2 Å². The lowest BCUT2D eigenvalue weighted by atomic mass is 9.90. The minimum absolute atomic E-state index is 0.152. The fraction of sp³-hybridized carbons (Fsp3) is 0.286. The smallest absolute Gasteiger partial charge is 0.349 e. The molecule has 7 nitrogen and oxygen atoms in total. The van der Waals surface area contributed by atoms with Gasteiger partial charge in [-0.1, -0.05) is 66.9 Å². The molecule has 1 aliphatic rings. The number of aliphatic hydroxyl groups excluding tert-OH is 1. The van der Waals surface area contributed by atoms with Gasteiger partial charge in [0, 0.05) is 29.8 Å². The number of hydrogen-bond donors (Lipinski definition) is 3. The van der Waals surface area contributed by atoms with E-state index in [0.717, 1.165) is 50.0 Å². The summed E-state index contributed by atoms with van der Waals surface area (Å²) in [6.07, 6.45) is 3.82. The molecular weight excluding hydrogens is 474 g/mol. The number of halogens is 1. The minimum Gasteiger partial charge on any atom is -0.391 e. The Balaban J connectivity index is 1.29. The standard InChI is InChI=1S/C28H30ClN5O2/c29-22-12-16-24(17-13-22)34-28(36)31-27(32-34)30-23-14-10-21(11-15-23)19-33(18-20-6-2-1-3-7-20)25-8-4-5-9-26(25)35/h1-3,6-7,10-17,25-26,35H,4-5,8-9,18-19H2,(H2,30,31,32,36)/t25-,26-/m0/s1. The maximum absolute atomic E-state index is 12.4. The summed E-state index contributed by atoms with van der Waals surface area (Å²) >= 11 is 5.94. The van der Waals surface area contributed by atoms with Crippen molar-refractivity contribution in [2.45, 2.75) is 50.9 Å². The van der Waals surface area contributed by atoms with E-state index >= 15 is 0 Å². The lowest BCUT2D eigenvalue weighted by Gasteiger charge is -2.38. The number of nitrogens with zero attached hydrogens (tertiary/aromatic N) is 3. The van der Waals surface area contributed by atoms with Crippen LogP contribution in [0, 0.1) is 0 Å². The molecule has 36 heavy (non-hydrogen) atoms. The summed E-state index contributed by atoms with van der Waals surface area (Å²) in [5.41, 5.74) is 3.53. The minimum atomic E-state index is -0.334. The molecule has 1 aliphatic carbocycles. The fourth-order valence-electron chi connectivity index (χ4n) is 4.83. The van der Waals surface area contributed by atoms with Crippen molar-refractivity contribution < 1.29 is 5.11 Å². The van der Waals surface area contributed by atoms with Crippen molar-refractivity contribution in [1.29, 1.82) is 0 Å². The Morgan fingerprint density at radius 3 is 2.31 bits per heavy atom. The molecule has 3 N–H and O–H groups in total. The number of benzene rings is 3. The third-order valence-corrected chi connectivity index (χ3v) is 6.93. The van der Waals surface area contributed by atoms with Crippen molar-refractivity contribution >= 4 is 23.2 Å². The highest BCUT2D eigenvalue weighted by molar-refractivity contribution is 6.30. The molecule has 0 bridgehead atoms. The summed E-state index contributed by atoms with van der Waals surface area (Å²) < 4.78 is 1.30. The molecule has 0 amide bonds. The Morgan fingerprint density at radius 2 is 1.61 bits per heavy atom. The number of nitrogens with one attached hydrogen (secondary N) is 2. The van der Waals surface area contributed by atoms with E-state index < -0.39 is 0 Å². The molecule has 2 atom stereocenters. The van der Waals surface area contributed by atoms with Crippen LogP contribution in [0.5, 0.6) is 0 Å². The monoisotopic (exact) mass is 503 g/mol. The van der Waals surface area contributed by atoms with Crippen LogP contribution in [0.25, 0.3) is 5.69 Å². The predicted molar refractivity (Wildman–Crippen MR) is 143 cm³/mol. The van der Waals surface area contributed by atoms with Crippen LogP contribution in [-0.2, 0) is 13.1 Å². The molecule has 4 aromatic rings. The number of aromatic nitrogens is 3. The van der Waals surface area contributed by atoms with E-state index in [1.165, 1.54) is 10.2 Å². The number of rotatable bonds is 8. The van der Waals surface area contributed by atoms with Gasteiger partial charge in [-0.3, -0.25) is 9.88 Å². The number of H-pyrrole nitrogens is 1. The van der Waals surface area contributed by atoms with E-state index in [9.17, 15) is 9.90 Å². The first-order chi connectivity index (χ1) is 17.5. The molecule has 8 heteroatoms. The lowest BCUT2D eigenvalue weighted by Crippen LogP contribution is -2.44. The van der Waals surface area contributed by atoms with Gasteiger partial charge in [0.1, 0.15) is 0 Å². The van der Waals surface area contributed by atoms with Crippen LogP contribution < -0.4 is 11.0 Å². The lowest BCUT2D eigenvalue weighted by molar-refractivity contribution is 0.0114. The Morgan fingerprint density at radius 1 is 0.944 bits per heavy atom. The van der Waals surface area contributed by atoms with Gasteiger partial charge in [0.05, 0.1) is 11.8 Å². The molecule has 0 unspecified atom stereocenters. The van der Waals surface area contributed by atoms with E-state index in [-0.39, 0.29) is 17.8 Å². The number of aromatic amines is 1. The molecule has 5 rings (SSSR count). The van der Waals surface area contributed by atoms with Crippen molar-refractivity contribution in [3.8, 4) is 5.69 Å². The van der Waals surface area contributed by atoms with Gasteiger partial charge in [0.25, 0.3) is 0 Å². The first kappa shape index (κ1) is 24.3. The first-order valence-electron chi connectivity index (χ1n) is 12.3. The summed E-state index contributed by atoms with van der Waals surface area (Å²) in [5, 5.41) is 18.8. The van der Waals surface area contributed by atoms with Gasteiger partial charge in [-0.2, -0.15) is 4.68 Å². The van der Waals surface area contributed by atoms with Crippen molar-refractivity contribution in [3.63, 3.8) is 0 Å². The predicted octanol–water partition coefficient (Wildman–Crippen LogP) is 5.26. The molecule has 186 valence electrons. The summed E-state index contributed by atoms with van der Waals surface area (Å²) in [4.78, 5) is 17.5. The molecule has 0 radical (unpaired) electrons. The van der Waals surface area contributed by atoms with Crippen LogP contribution in [-0.4, -0.2) is 36.9 Å². The highest BCUT2D eigenvalue weighted by Crippen LogP contribution is 2.27. The van der Waals surface area contributed by atoms with Crippen molar-refractivity contribution in [2.75, 3.05) is 5.32 Å². The van der Waals surface area contributed by atoms with Gasteiger partial charge < -0.3 is 10.4 Å². The second kappa shape index (κ2) is 11.1. The van der Waals surface area contributed by atoms with Gasteiger partial charge in [-0.25, -0.2) is 4.79 Å². The zero-order valence-electron chi connectivity index (χ0n) is 20.0. The number of hydrogen-bond acceptors (Lipinski definition) is 5. The average molecular weight is 504 g/mol. The second-order valence-corrected chi connectivity index (χ2v) is 9.74. The van der Waals surface area contributed by atoms with E-state index in [0.29, 0.717) is 16.7 Å². The van der Waals surface area contributed by atoms with Crippen molar-refractivity contribution in [3.05, 3.63) is 105 Å². The Labute approximate surface area is 215 Å². The summed E-state index contributed by atoms with van der Waals surface area (Å²) in [6.45, 7) is 1.55. The van der Waals surface area contributed by atoms with E-state index in [1.54, 1.807) is 24.3 Å². The van der Waals surface area contributed by atoms with Crippen LogP contribution in [0.15, 0.2) is 83.7 Å². The molecule has 0 aliphatic heterocycles. The van der Waals surface area contributed by atoms with Gasteiger partial charge >= 0.3 is 5.69 Å². The zero-order valence-corrected chi connectivity index (χ0v) is 20.7. The highest BCUT2D eigenvalue weighted by Gasteiger charge is 2.28. The molecule has 1 saturated carbocycles. The van der Waals surface area contributed by atoms with Gasteiger partial charge in [-0.15, -0.1) is 5.10 Å².